The molecule has 1 aliphatic heterocycles. The second kappa shape index (κ2) is 4.12. The number of hydrogen-bond acceptors (Lipinski definition) is 2. The highest BCUT2D eigenvalue weighted by Gasteiger charge is 2.41. The highest BCUT2D eigenvalue weighted by Crippen LogP contribution is 2.45. The predicted octanol–water partition coefficient (Wildman–Crippen LogP) is 2.12. The molecule has 1 N–H and O–H groups in total. The third kappa shape index (κ3) is 2.33. The molecule has 0 aromatic carbocycles. The van der Waals surface area contributed by atoms with Crippen LogP contribution in [0.5, 0.6) is 0 Å². The molecule has 15 heavy (non-hydrogen) atoms. The zero-order valence-corrected chi connectivity index (χ0v) is 9.54. The maximum Gasteiger partial charge on any atom is 0.303 e. The molecular formula is C12H21NO2. The van der Waals surface area contributed by atoms with Crippen LogP contribution in [0.25, 0.3) is 0 Å². The molecule has 3 nitrogen and oxygen atoms in total. The molecule has 86 valence electrons. The fourth-order valence-electron chi connectivity index (χ4n) is 3.05. The molecule has 1 saturated heterocycles. The zero-order valence-electron chi connectivity index (χ0n) is 9.54. The first-order chi connectivity index (χ1) is 7.11. The van der Waals surface area contributed by atoms with Crippen molar-refractivity contribution in [2.24, 2.45) is 5.41 Å². The molecule has 0 aromatic rings. The van der Waals surface area contributed by atoms with E-state index < -0.39 is 5.97 Å². The van der Waals surface area contributed by atoms with Crippen molar-refractivity contribution in [2.45, 2.75) is 51.5 Å². The number of carboxylic acids is 1. The van der Waals surface area contributed by atoms with Crippen molar-refractivity contribution in [3.63, 3.8) is 0 Å². The van der Waals surface area contributed by atoms with Crippen molar-refractivity contribution in [1.82, 2.24) is 4.90 Å². The summed E-state index contributed by atoms with van der Waals surface area (Å²) in [6.07, 6.45) is 6.38. The molecule has 1 saturated carbocycles. The first-order valence-electron chi connectivity index (χ1n) is 6.07. The van der Waals surface area contributed by atoms with Crippen LogP contribution >= 0.6 is 0 Å². The SMILES string of the molecule is CC1CCCN1CC1(CC(=O)O)CCC1. The topological polar surface area (TPSA) is 40.5 Å². The van der Waals surface area contributed by atoms with Gasteiger partial charge in [-0.1, -0.05) is 6.42 Å². The third-order valence-electron chi connectivity index (χ3n) is 4.17. The highest BCUT2D eigenvalue weighted by atomic mass is 16.4. The number of likely N-dealkylation sites (tertiary alicyclic amines) is 1. The predicted molar refractivity (Wildman–Crippen MR) is 58.8 cm³/mol. The van der Waals surface area contributed by atoms with E-state index in [-0.39, 0.29) is 5.41 Å². The molecule has 2 rings (SSSR count). The Morgan fingerprint density at radius 2 is 2.20 bits per heavy atom. The summed E-state index contributed by atoms with van der Waals surface area (Å²) in [6.45, 7) is 4.45. The normalized spacial score (nSPS) is 30.1. The quantitative estimate of drug-likeness (QED) is 0.774. The Kier molecular flexibility index (Phi) is 3.01. The number of rotatable bonds is 4. The summed E-state index contributed by atoms with van der Waals surface area (Å²) in [6, 6.07) is 0.663. The van der Waals surface area contributed by atoms with Crippen LogP contribution < -0.4 is 0 Å². The van der Waals surface area contributed by atoms with Crippen LogP contribution in [-0.2, 0) is 4.79 Å². The number of nitrogens with zero attached hydrogens (tertiary/aromatic N) is 1. The van der Waals surface area contributed by atoms with Crippen LogP contribution in [0.2, 0.25) is 0 Å². The lowest BCUT2D eigenvalue weighted by atomic mass is 9.66. The Balaban J connectivity index is 1.92. The van der Waals surface area contributed by atoms with Gasteiger partial charge in [0.2, 0.25) is 0 Å². The largest absolute Gasteiger partial charge is 0.481 e. The maximum atomic E-state index is 10.8. The van der Waals surface area contributed by atoms with Gasteiger partial charge in [0.25, 0.3) is 0 Å². The van der Waals surface area contributed by atoms with Gasteiger partial charge in [0, 0.05) is 12.6 Å². The summed E-state index contributed by atoms with van der Waals surface area (Å²) >= 11 is 0. The highest BCUT2D eigenvalue weighted by molar-refractivity contribution is 5.68. The second-order valence-corrected chi connectivity index (χ2v) is 5.39. The molecule has 0 radical (unpaired) electrons. The van der Waals surface area contributed by atoms with Crippen molar-refractivity contribution in [3.05, 3.63) is 0 Å². The lowest BCUT2D eigenvalue weighted by Gasteiger charge is -2.44. The molecule has 1 aliphatic carbocycles. The summed E-state index contributed by atoms with van der Waals surface area (Å²) < 4.78 is 0. The minimum Gasteiger partial charge on any atom is -0.481 e. The molecule has 1 unspecified atom stereocenters. The van der Waals surface area contributed by atoms with E-state index in [0.29, 0.717) is 12.5 Å². The molecular weight excluding hydrogens is 190 g/mol. The molecule has 1 heterocycles. The Hall–Kier alpha value is -0.570. The van der Waals surface area contributed by atoms with Gasteiger partial charge >= 0.3 is 5.97 Å². The first kappa shape index (κ1) is 10.9. The second-order valence-electron chi connectivity index (χ2n) is 5.39. The van der Waals surface area contributed by atoms with E-state index in [4.69, 9.17) is 5.11 Å². The van der Waals surface area contributed by atoms with E-state index in [1.54, 1.807) is 0 Å². The standard InChI is InChI=1S/C12H21NO2/c1-10-4-2-7-13(10)9-12(5-3-6-12)8-11(14)15/h10H,2-9H2,1H3,(H,14,15). The summed E-state index contributed by atoms with van der Waals surface area (Å²) in [5.41, 5.74) is 0.116. The van der Waals surface area contributed by atoms with Gasteiger partial charge in [0.05, 0.1) is 6.42 Å². The van der Waals surface area contributed by atoms with Crippen molar-refractivity contribution >= 4 is 5.97 Å². The van der Waals surface area contributed by atoms with Crippen molar-refractivity contribution < 1.29 is 9.90 Å². The van der Waals surface area contributed by atoms with Gasteiger partial charge in [-0.3, -0.25) is 4.79 Å². The molecule has 0 bridgehead atoms. The lowest BCUT2D eigenvalue weighted by molar-refractivity contribution is -0.142. The summed E-state index contributed by atoms with van der Waals surface area (Å²) in [4.78, 5) is 13.3. The van der Waals surface area contributed by atoms with Crippen LogP contribution in [-0.4, -0.2) is 35.1 Å². The minimum atomic E-state index is -0.624. The van der Waals surface area contributed by atoms with Gasteiger partial charge in [-0.2, -0.15) is 0 Å². The minimum absolute atomic E-state index is 0.116. The molecule has 3 heteroatoms. The van der Waals surface area contributed by atoms with Gasteiger partial charge in [0.1, 0.15) is 0 Å². The van der Waals surface area contributed by atoms with Gasteiger partial charge in [0.15, 0.2) is 0 Å². The van der Waals surface area contributed by atoms with Crippen LogP contribution in [0.4, 0.5) is 0 Å². The molecule has 1 atom stereocenters. The smallest absolute Gasteiger partial charge is 0.303 e. The first-order valence-corrected chi connectivity index (χ1v) is 6.07. The van der Waals surface area contributed by atoms with Crippen molar-refractivity contribution in [1.29, 1.82) is 0 Å². The van der Waals surface area contributed by atoms with E-state index in [1.165, 1.54) is 25.8 Å². The molecule has 2 aliphatic rings. The summed E-state index contributed by atoms with van der Waals surface area (Å²) in [7, 11) is 0. The monoisotopic (exact) mass is 211 g/mol. The fraction of sp³-hybridized carbons (Fsp3) is 0.917. The van der Waals surface area contributed by atoms with Crippen LogP contribution in [0.1, 0.15) is 45.4 Å². The molecule has 0 amide bonds. The summed E-state index contributed by atoms with van der Waals surface area (Å²) in [5.74, 6) is -0.624. The van der Waals surface area contributed by atoms with E-state index in [1.807, 2.05) is 0 Å². The average Bonchev–Trinajstić information content (AvgIpc) is 2.47. The molecule has 2 fully saturated rings. The van der Waals surface area contributed by atoms with Crippen LogP contribution in [0.15, 0.2) is 0 Å². The fourth-order valence-corrected chi connectivity index (χ4v) is 3.05. The number of carbonyl (C=O) groups is 1. The zero-order chi connectivity index (χ0) is 10.9. The van der Waals surface area contributed by atoms with E-state index in [9.17, 15) is 4.79 Å². The van der Waals surface area contributed by atoms with Gasteiger partial charge in [-0.25, -0.2) is 0 Å². The van der Waals surface area contributed by atoms with E-state index in [2.05, 4.69) is 11.8 Å². The Morgan fingerprint density at radius 1 is 1.47 bits per heavy atom. The van der Waals surface area contributed by atoms with Crippen LogP contribution in [0.3, 0.4) is 0 Å². The Bertz CT molecular complexity index is 248. The Morgan fingerprint density at radius 3 is 2.60 bits per heavy atom. The third-order valence-corrected chi connectivity index (χ3v) is 4.17. The number of carboxylic acid groups (broad SMARTS) is 1. The van der Waals surface area contributed by atoms with Crippen molar-refractivity contribution in [3.8, 4) is 0 Å². The van der Waals surface area contributed by atoms with Gasteiger partial charge in [-0.15, -0.1) is 0 Å². The van der Waals surface area contributed by atoms with E-state index in [0.717, 1.165) is 19.4 Å². The Labute approximate surface area is 91.5 Å². The average molecular weight is 211 g/mol. The maximum absolute atomic E-state index is 10.8. The number of hydrogen-bond donors (Lipinski definition) is 1. The summed E-state index contributed by atoms with van der Waals surface area (Å²) in [5, 5.41) is 8.94. The lowest BCUT2D eigenvalue weighted by Crippen LogP contribution is -2.44. The molecule has 0 aromatic heterocycles. The number of aliphatic carboxylic acids is 1. The van der Waals surface area contributed by atoms with Crippen molar-refractivity contribution in [2.75, 3.05) is 13.1 Å². The van der Waals surface area contributed by atoms with E-state index >= 15 is 0 Å². The van der Waals surface area contributed by atoms with Crippen LogP contribution in [0, 0.1) is 5.41 Å². The molecule has 0 spiro atoms. The van der Waals surface area contributed by atoms with Gasteiger partial charge < -0.3 is 10.0 Å². The van der Waals surface area contributed by atoms with Gasteiger partial charge in [-0.05, 0) is 44.6 Å².